The number of carbonyl (C=O) groups excluding carboxylic acids is 2. The number of hydrazine groups is 1. The molecule has 3 N–H and O–H groups in total. The number of ether oxygens (including phenoxy) is 2. The molecule has 0 aliphatic carbocycles. The molecule has 2 aromatic carbocycles. The molecule has 2 saturated heterocycles. The van der Waals surface area contributed by atoms with Crippen LogP contribution in [0.25, 0.3) is 11.1 Å². The molecule has 2 fully saturated rings. The van der Waals surface area contributed by atoms with Crippen LogP contribution in [-0.2, 0) is 16.0 Å². The van der Waals surface area contributed by atoms with Gasteiger partial charge in [0.1, 0.15) is 0 Å². The van der Waals surface area contributed by atoms with Crippen LogP contribution in [0, 0.1) is 0 Å². The Morgan fingerprint density at radius 3 is 2.62 bits per heavy atom. The molecule has 0 spiro atoms. The van der Waals surface area contributed by atoms with Crippen LogP contribution < -0.4 is 11.2 Å². The maximum atomic E-state index is 12.7. The van der Waals surface area contributed by atoms with Crippen LogP contribution in [0.4, 0.5) is 4.79 Å². The molecule has 0 aromatic heterocycles. The molecule has 2 aromatic rings. The first-order chi connectivity index (χ1) is 12.7. The average Bonchev–Trinajstić information content (AvgIpc) is 3.06. The summed E-state index contributed by atoms with van der Waals surface area (Å²) >= 11 is 0. The Morgan fingerprint density at radius 1 is 1.12 bits per heavy atom. The quantitative estimate of drug-likeness (QED) is 0.816. The average molecular weight is 353 g/mol. The number of hydrogen-bond donors (Lipinski definition) is 2. The van der Waals surface area contributed by atoms with Crippen molar-refractivity contribution >= 4 is 12.1 Å². The molecule has 2 aliphatic rings. The summed E-state index contributed by atoms with van der Waals surface area (Å²) in [6.07, 6.45) is -1.45. The Labute approximate surface area is 150 Å². The van der Waals surface area contributed by atoms with Gasteiger partial charge in [-0.3, -0.25) is 9.80 Å². The molecule has 26 heavy (non-hydrogen) atoms. The summed E-state index contributed by atoms with van der Waals surface area (Å²) < 4.78 is 10.1. The third-order valence-electron chi connectivity index (χ3n) is 4.68. The second-order valence-corrected chi connectivity index (χ2v) is 6.28. The molecular weight excluding hydrogens is 334 g/mol. The Morgan fingerprint density at radius 2 is 1.85 bits per heavy atom. The van der Waals surface area contributed by atoms with Crippen LogP contribution in [0.15, 0.2) is 48.5 Å². The van der Waals surface area contributed by atoms with E-state index in [2.05, 4.69) is 5.43 Å². The number of rotatable bonds is 3. The van der Waals surface area contributed by atoms with Crippen molar-refractivity contribution < 1.29 is 19.1 Å². The van der Waals surface area contributed by atoms with Gasteiger partial charge < -0.3 is 15.2 Å². The van der Waals surface area contributed by atoms with Gasteiger partial charge in [0.15, 0.2) is 12.2 Å². The highest BCUT2D eigenvalue weighted by molar-refractivity contribution is 5.94. The number of nitrogens with zero attached hydrogens (tertiary/aromatic N) is 1. The zero-order chi connectivity index (χ0) is 18.1. The summed E-state index contributed by atoms with van der Waals surface area (Å²) in [7, 11) is 0. The van der Waals surface area contributed by atoms with Crippen LogP contribution in [-0.4, -0.2) is 42.4 Å². The third-order valence-corrected chi connectivity index (χ3v) is 4.68. The fourth-order valence-corrected chi connectivity index (χ4v) is 3.28. The highest BCUT2D eigenvalue weighted by Gasteiger charge is 2.42. The van der Waals surface area contributed by atoms with Crippen molar-refractivity contribution in [2.45, 2.75) is 18.8 Å². The van der Waals surface area contributed by atoms with Crippen LogP contribution in [0.2, 0.25) is 0 Å². The van der Waals surface area contributed by atoms with Gasteiger partial charge in [-0.2, -0.15) is 0 Å². The van der Waals surface area contributed by atoms with Gasteiger partial charge in [-0.25, -0.2) is 10.2 Å². The second-order valence-electron chi connectivity index (χ2n) is 6.28. The van der Waals surface area contributed by atoms with Gasteiger partial charge in [0.25, 0.3) is 5.91 Å². The topological polar surface area (TPSA) is 93.9 Å². The standard InChI is InChI=1S/C19H19N3O4/c20-9-14-3-1-2-4-15(14)12-5-7-13(8-6-12)18(23)22-11-17-16(10-21-22)25-19(24)26-17/h1-8,16-17,21H,9-11,20H2/t16-,17+/m1/s1. The Kier molecular flexibility index (Phi) is 4.32. The summed E-state index contributed by atoms with van der Waals surface area (Å²) in [6.45, 7) is 1.06. The highest BCUT2D eigenvalue weighted by Crippen LogP contribution is 2.25. The van der Waals surface area contributed by atoms with E-state index in [1.54, 1.807) is 12.1 Å². The predicted octanol–water partition coefficient (Wildman–Crippen LogP) is 1.68. The van der Waals surface area contributed by atoms with Crippen LogP contribution >= 0.6 is 0 Å². The number of hydrogen-bond acceptors (Lipinski definition) is 6. The number of nitrogens with one attached hydrogen (secondary N) is 1. The summed E-state index contributed by atoms with van der Waals surface area (Å²) in [6, 6.07) is 15.3. The monoisotopic (exact) mass is 353 g/mol. The first kappa shape index (κ1) is 16.6. The van der Waals surface area contributed by atoms with E-state index in [0.717, 1.165) is 16.7 Å². The normalized spacial score (nSPS) is 21.7. The maximum Gasteiger partial charge on any atom is 0.509 e. The van der Waals surface area contributed by atoms with Crippen LogP contribution in [0.5, 0.6) is 0 Å². The molecule has 2 atom stereocenters. The number of benzene rings is 2. The number of carbonyl (C=O) groups is 2. The van der Waals surface area contributed by atoms with Crippen molar-refractivity contribution in [3.05, 3.63) is 59.7 Å². The van der Waals surface area contributed by atoms with Crippen molar-refractivity contribution in [2.24, 2.45) is 5.73 Å². The van der Waals surface area contributed by atoms with Gasteiger partial charge in [-0.15, -0.1) is 0 Å². The SMILES string of the molecule is NCc1ccccc1-c1ccc(C(=O)N2C[C@@H]3OC(=O)O[C@@H]3CN2)cc1. The molecule has 134 valence electrons. The molecule has 0 unspecified atom stereocenters. The van der Waals surface area contributed by atoms with E-state index in [4.69, 9.17) is 15.2 Å². The Bertz CT molecular complexity index is 837. The zero-order valence-corrected chi connectivity index (χ0v) is 14.1. The van der Waals surface area contributed by atoms with Crippen molar-refractivity contribution in [3.8, 4) is 11.1 Å². The van der Waals surface area contributed by atoms with E-state index in [-0.39, 0.29) is 18.6 Å². The van der Waals surface area contributed by atoms with E-state index in [1.165, 1.54) is 5.01 Å². The molecule has 2 heterocycles. The van der Waals surface area contributed by atoms with Gasteiger partial charge in [-0.05, 0) is 28.8 Å². The summed E-state index contributed by atoms with van der Waals surface area (Å²) in [5, 5.41) is 1.46. The number of fused-ring (bicyclic) bond motifs is 1. The molecule has 7 nitrogen and oxygen atoms in total. The smallest absolute Gasteiger partial charge is 0.425 e. The van der Waals surface area contributed by atoms with E-state index in [0.29, 0.717) is 18.7 Å². The number of amides is 1. The van der Waals surface area contributed by atoms with Gasteiger partial charge in [0.05, 0.1) is 13.1 Å². The summed E-state index contributed by atoms with van der Waals surface area (Å²) in [4.78, 5) is 23.9. The lowest BCUT2D eigenvalue weighted by atomic mass is 9.98. The Balaban J connectivity index is 1.50. The largest absolute Gasteiger partial charge is 0.509 e. The lowest BCUT2D eigenvalue weighted by Crippen LogP contribution is -2.57. The minimum absolute atomic E-state index is 0.176. The highest BCUT2D eigenvalue weighted by atomic mass is 16.8. The third kappa shape index (κ3) is 3.02. The van der Waals surface area contributed by atoms with Gasteiger partial charge in [-0.1, -0.05) is 36.4 Å². The lowest BCUT2D eigenvalue weighted by molar-refractivity contribution is 0.0193. The van der Waals surface area contributed by atoms with Crippen molar-refractivity contribution in [1.82, 2.24) is 10.4 Å². The lowest BCUT2D eigenvalue weighted by Gasteiger charge is -2.32. The maximum absolute atomic E-state index is 12.7. The van der Waals surface area contributed by atoms with E-state index in [9.17, 15) is 9.59 Å². The predicted molar refractivity (Wildman–Crippen MR) is 94.0 cm³/mol. The zero-order valence-electron chi connectivity index (χ0n) is 14.1. The van der Waals surface area contributed by atoms with Crippen molar-refractivity contribution in [3.63, 3.8) is 0 Å². The Hall–Kier alpha value is -2.90. The van der Waals surface area contributed by atoms with E-state index < -0.39 is 12.3 Å². The van der Waals surface area contributed by atoms with Crippen LogP contribution in [0.1, 0.15) is 15.9 Å². The molecule has 2 aliphatic heterocycles. The van der Waals surface area contributed by atoms with Gasteiger partial charge in [0, 0.05) is 12.1 Å². The molecule has 0 radical (unpaired) electrons. The molecule has 7 heteroatoms. The molecule has 1 amide bonds. The number of nitrogens with two attached hydrogens (primary N) is 1. The minimum Gasteiger partial charge on any atom is -0.425 e. The molecule has 0 saturated carbocycles. The van der Waals surface area contributed by atoms with Gasteiger partial charge >= 0.3 is 6.16 Å². The summed E-state index contributed by atoms with van der Waals surface area (Å²) in [5.74, 6) is -0.176. The van der Waals surface area contributed by atoms with Crippen molar-refractivity contribution in [1.29, 1.82) is 0 Å². The molecule has 0 bridgehead atoms. The molecule has 4 rings (SSSR count). The first-order valence-electron chi connectivity index (χ1n) is 8.47. The van der Waals surface area contributed by atoms with E-state index in [1.807, 2.05) is 36.4 Å². The van der Waals surface area contributed by atoms with Crippen molar-refractivity contribution in [2.75, 3.05) is 13.1 Å². The fourth-order valence-electron chi connectivity index (χ4n) is 3.28. The first-order valence-corrected chi connectivity index (χ1v) is 8.47. The second kappa shape index (κ2) is 6.78. The fraction of sp³-hybridized carbons (Fsp3) is 0.263. The van der Waals surface area contributed by atoms with Gasteiger partial charge in [0.2, 0.25) is 0 Å². The summed E-state index contributed by atoms with van der Waals surface area (Å²) in [5.41, 5.74) is 12.5. The minimum atomic E-state index is -0.681. The van der Waals surface area contributed by atoms with Crippen LogP contribution in [0.3, 0.4) is 0 Å². The molecular formula is C19H19N3O4. The van der Waals surface area contributed by atoms with E-state index >= 15 is 0 Å².